The summed E-state index contributed by atoms with van der Waals surface area (Å²) in [7, 11) is 0. The Morgan fingerprint density at radius 3 is 3.00 bits per heavy atom. The van der Waals surface area contributed by atoms with Crippen molar-refractivity contribution < 1.29 is 4.74 Å². The average molecular weight is 230 g/mol. The fourth-order valence-electron chi connectivity index (χ4n) is 1.35. The number of nitrogens with zero attached hydrogens (tertiary/aromatic N) is 2. The third-order valence-corrected chi connectivity index (χ3v) is 2.12. The Balaban J connectivity index is 1.73. The van der Waals surface area contributed by atoms with Crippen LogP contribution in [0.3, 0.4) is 0 Å². The summed E-state index contributed by atoms with van der Waals surface area (Å²) in [6.45, 7) is 1.22. The molecule has 0 spiro atoms. The highest BCUT2D eigenvalue weighted by molar-refractivity contribution is 5.43. The largest absolute Gasteiger partial charge is 0.492 e. The van der Waals surface area contributed by atoms with Gasteiger partial charge in [-0.2, -0.15) is 0 Å². The number of nitrogens with one attached hydrogen (secondary N) is 1. The SMILES string of the molecule is Nc1cccc(OCCNc2ccncn2)c1. The molecular weight excluding hydrogens is 216 g/mol. The highest BCUT2D eigenvalue weighted by Crippen LogP contribution is 2.13. The molecule has 0 aliphatic rings. The number of hydrogen-bond acceptors (Lipinski definition) is 5. The first-order valence-corrected chi connectivity index (χ1v) is 5.33. The van der Waals surface area contributed by atoms with Crippen molar-refractivity contribution in [1.29, 1.82) is 0 Å². The number of anilines is 2. The molecule has 1 aromatic heterocycles. The number of ether oxygens (including phenoxy) is 1. The van der Waals surface area contributed by atoms with Crippen LogP contribution in [0.4, 0.5) is 11.5 Å². The van der Waals surface area contributed by atoms with Gasteiger partial charge in [0, 0.05) is 18.0 Å². The van der Waals surface area contributed by atoms with E-state index >= 15 is 0 Å². The van der Waals surface area contributed by atoms with Gasteiger partial charge in [-0.3, -0.25) is 0 Å². The molecule has 2 rings (SSSR count). The molecule has 5 nitrogen and oxygen atoms in total. The summed E-state index contributed by atoms with van der Waals surface area (Å²) in [6, 6.07) is 9.17. The zero-order valence-electron chi connectivity index (χ0n) is 9.34. The Morgan fingerprint density at radius 2 is 2.24 bits per heavy atom. The fourth-order valence-corrected chi connectivity index (χ4v) is 1.35. The lowest BCUT2D eigenvalue weighted by molar-refractivity contribution is 0.333. The number of benzene rings is 1. The second kappa shape index (κ2) is 5.69. The topological polar surface area (TPSA) is 73.1 Å². The lowest BCUT2D eigenvalue weighted by atomic mass is 10.3. The molecule has 0 atom stereocenters. The van der Waals surface area contributed by atoms with E-state index in [0.29, 0.717) is 18.8 Å². The molecule has 0 radical (unpaired) electrons. The number of nitrogen functional groups attached to an aromatic ring is 1. The van der Waals surface area contributed by atoms with E-state index in [1.54, 1.807) is 18.3 Å². The van der Waals surface area contributed by atoms with E-state index in [2.05, 4.69) is 15.3 Å². The van der Waals surface area contributed by atoms with Crippen molar-refractivity contribution in [2.45, 2.75) is 0 Å². The molecule has 0 unspecified atom stereocenters. The van der Waals surface area contributed by atoms with Gasteiger partial charge in [0.2, 0.25) is 0 Å². The molecule has 0 aliphatic heterocycles. The van der Waals surface area contributed by atoms with E-state index in [4.69, 9.17) is 10.5 Å². The molecule has 1 aromatic carbocycles. The van der Waals surface area contributed by atoms with Crippen LogP contribution < -0.4 is 15.8 Å². The Labute approximate surface area is 99.7 Å². The molecular formula is C12H14N4O. The molecule has 0 saturated heterocycles. The van der Waals surface area contributed by atoms with Crippen LogP contribution in [-0.2, 0) is 0 Å². The Kier molecular flexibility index (Phi) is 3.75. The second-order valence-corrected chi connectivity index (χ2v) is 3.44. The summed E-state index contributed by atoms with van der Waals surface area (Å²) in [5, 5.41) is 3.12. The predicted octanol–water partition coefficient (Wildman–Crippen LogP) is 1.55. The molecule has 0 aliphatic carbocycles. The molecule has 2 aromatic rings. The maximum Gasteiger partial charge on any atom is 0.129 e. The summed E-state index contributed by atoms with van der Waals surface area (Å²) in [6.07, 6.45) is 3.19. The first kappa shape index (κ1) is 11.2. The number of rotatable bonds is 5. The van der Waals surface area contributed by atoms with Gasteiger partial charge in [0.15, 0.2) is 0 Å². The van der Waals surface area contributed by atoms with Crippen LogP contribution >= 0.6 is 0 Å². The van der Waals surface area contributed by atoms with E-state index in [-0.39, 0.29) is 0 Å². The third-order valence-electron chi connectivity index (χ3n) is 2.12. The van der Waals surface area contributed by atoms with Crippen molar-refractivity contribution in [3.05, 3.63) is 42.9 Å². The number of aromatic nitrogens is 2. The van der Waals surface area contributed by atoms with Gasteiger partial charge >= 0.3 is 0 Å². The van der Waals surface area contributed by atoms with Gasteiger partial charge in [-0.25, -0.2) is 9.97 Å². The minimum Gasteiger partial charge on any atom is -0.492 e. The smallest absolute Gasteiger partial charge is 0.129 e. The van der Waals surface area contributed by atoms with Gasteiger partial charge in [-0.1, -0.05) is 6.07 Å². The van der Waals surface area contributed by atoms with Crippen molar-refractivity contribution in [2.24, 2.45) is 0 Å². The lowest BCUT2D eigenvalue weighted by Crippen LogP contribution is -2.12. The van der Waals surface area contributed by atoms with Crippen molar-refractivity contribution in [3.8, 4) is 5.75 Å². The van der Waals surface area contributed by atoms with Crippen LogP contribution in [0.1, 0.15) is 0 Å². The predicted molar refractivity (Wildman–Crippen MR) is 66.9 cm³/mol. The Bertz CT molecular complexity index is 461. The molecule has 0 amide bonds. The van der Waals surface area contributed by atoms with E-state index in [1.807, 2.05) is 18.2 Å². The van der Waals surface area contributed by atoms with Gasteiger partial charge in [0.1, 0.15) is 24.5 Å². The van der Waals surface area contributed by atoms with Gasteiger partial charge in [-0.05, 0) is 18.2 Å². The highest BCUT2D eigenvalue weighted by atomic mass is 16.5. The van der Waals surface area contributed by atoms with E-state index in [1.165, 1.54) is 6.33 Å². The van der Waals surface area contributed by atoms with Crippen LogP contribution in [0.15, 0.2) is 42.9 Å². The monoisotopic (exact) mass is 230 g/mol. The number of hydrogen-bond donors (Lipinski definition) is 2. The van der Waals surface area contributed by atoms with Crippen molar-refractivity contribution in [2.75, 3.05) is 24.2 Å². The third kappa shape index (κ3) is 3.64. The summed E-state index contributed by atoms with van der Waals surface area (Å²) >= 11 is 0. The second-order valence-electron chi connectivity index (χ2n) is 3.44. The normalized spacial score (nSPS) is 9.88. The zero-order chi connectivity index (χ0) is 11.9. The van der Waals surface area contributed by atoms with Gasteiger partial charge in [0.05, 0.1) is 6.54 Å². The molecule has 0 fully saturated rings. The highest BCUT2D eigenvalue weighted by Gasteiger charge is 1.95. The number of nitrogens with two attached hydrogens (primary N) is 1. The quantitative estimate of drug-likeness (QED) is 0.602. The Hall–Kier alpha value is -2.30. The summed E-state index contributed by atoms with van der Waals surface area (Å²) in [4.78, 5) is 7.87. The van der Waals surface area contributed by atoms with Crippen LogP contribution in [0.25, 0.3) is 0 Å². The van der Waals surface area contributed by atoms with Crippen molar-refractivity contribution in [1.82, 2.24) is 9.97 Å². The van der Waals surface area contributed by atoms with Crippen LogP contribution in [0.2, 0.25) is 0 Å². The van der Waals surface area contributed by atoms with Gasteiger partial charge in [-0.15, -0.1) is 0 Å². The van der Waals surface area contributed by atoms with Crippen LogP contribution in [0.5, 0.6) is 5.75 Å². The first-order valence-electron chi connectivity index (χ1n) is 5.33. The van der Waals surface area contributed by atoms with Crippen molar-refractivity contribution >= 4 is 11.5 Å². The van der Waals surface area contributed by atoms with Gasteiger partial charge in [0.25, 0.3) is 0 Å². The minimum atomic E-state index is 0.549. The summed E-state index contributed by atoms with van der Waals surface area (Å²) in [5.74, 6) is 1.56. The maximum absolute atomic E-state index is 5.64. The molecule has 17 heavy (non-hydrogen) atoms. The molecule has 0 bridgehead atoms. The molecule has 1 heterocycles. The molecule has 88 valence electrons. The van der Waals surface area contributed by atoms with Crippen LogP contribution in [0, 0.1) is 0 Å². The standard InChI is InChI=1S/C12H14N4O/c13-10-2-1-3-11(8-10)17-7-6-15-12-4-5-14-9-16-12/h1-5,8-9H,6-7,13H2,(H,14,15,16). The summed E-state index contributed by atoms with van der Waals surface area (Å²) < 4.78 is 5.52. The maximum atomic E-state index is 5.64. The molecule has 3 N–H and O–H groups in total. The average Bonchev–Trinajstić information content (AvgIpc) is 2.36. The van der Waals surface area contributed by atoms with E-state index < -0.39 is 0 Å². The first-order chi connectivity index (χ1) is 8.34. The van der Waals surface area contributed by atoms with Crippen LogP contribution in [-0.4, -0.2) is 23.1 Å². The fraction of sp³-hybridized carbons (Fsp3) is 0.167. The Morgan fingerprint density at radius 1 is 1.29 bits per heavy atom. The molecule has 0 saturated carbocycles. The van der Waals surface area contributed by atoms with Gasteiger partial charge < -0.3 is 15.8 Å². The minimum absolute atomic E-state index is 0.549. The summed E-state index contributed by atoms with van der Waals surface area (Å²) in [5.41, 5.74) is 6.34. The lowest BCUT2D eigenvalue weighted by Gasteiger charge is -2.08. The van der Waals surface area contributed by atoms with E-state index in [9.17, 15) is 0 Å². The van der Waals surface area contributed by atoms with E-state index in [0.717, 1.165) is 11.6 Å². The van der Waals surface area contributed by atoms with Crippen molar-refractivity contribution in [3.63, 3.8) is 0 Å². The zero-order valence-corrected chi connectivity index (χ0v) is 9.34. The molecule has 5 heteroatoms.